The Morgan fingerprint density at radius 1 is 1.10 bits per heavy atom. The molecule has 1 aliphatic rings. The molecule has 0 unspecified atom stereocenters. The molecule has 5 rings (SSSR count). The molecule has 1 heterocycles. The summed E-state index contributed by atoms with van der Waals surface area (Å²) in [6.45, 7) is 2.78. The molecule has 31 heavy (non-hydrogen) atoms. The molecule has 1 aromatic heterocycles. The number of rotatable bonds is 5. The van der Waals surface area contributed by atoms with Crippen LogP contribution < -0.4 is 5.32 Å². The smallest absolute Gasteiger partial charge is 0.407 e. The van der Waals surface area contributed by atoms with Gasteiger partial charge in [0.25, 0.3) is 0 Å². The van der Waals surface area contributed by atoms with E-state index in [9.17, 15) is 4.79 Å². The second kappa shape index (κ2) is 8.11. The molecule has 0 fully saturated rings. The third-order valence-corrected chi connectivity index (χ3v) is 5.83. The van der Waals surface area contributed by atoms with Crippen LogP contribution in [0.4, 0.5) is 4.79 Å². The highest BCUT2D eigenvalue weighted by molar-refractivity contribution is 5.82. The number of nitrogens with zero attached hydrogens (tertiary/aromatic N) is 1. The van der Waals surface area contributed by atoms with E-state index in [-0.39, 0.29) is 5.92 Å². The second-order valence-corrected chi connectivity index (χ2v) is 7.77. The Balaban J connectivity index is 1.19. The molecule has 4 aromatic rings. The number of nitrogens with one attached hydrogen (secondary N) is 2. The average Bonchev–Trinajstić information content (AvgIpc) is 3.37. The molecule has 1 amide bonds. The van der Waals surface area contributed by atoms with E-state index in [0.29, 0.717) is 13.2 Å². The van der Waals surface area contributed by atoms with Crippen LogP contribution in [0.5, 0.6) is 0 Å². The number of carbonyl (C=O) groups is 1. The van der Waals surface area contributed by atoms with Crippen LogP contribution in [0.2, 0.25) is 0 Å². The maximum Gasteiger partial charge on any atom is 0.407 e. The first-order chi connectivity index (χ1) is 15.2. The van der Waals surface area contributed by atoms with Gasteiger partial charge in [-0.3, -0.25) is 5.10 Å². The Morgan fingerprint density at radius 2 is 1.81 bits per heavy atom. The summed E-state index contributed by atoms with van der Waals surface area (Å²) in [5, 5.41) is 10.9. The van der Waals surface area contributed by atoms with Crippen molar-refractivity contribution in [2.24, 2.45) is 0 Å². The highest BCUT2D eigenvalue weighted by atomic mass is 16.5. The van der Waals surface area contributed by atoms with Crippen molar-refractivity contribution in [1.29, 1.82) is 0 Å². The molecule has 2 N–H and O–H groups in total. The molecule has 0 bridgehead atoms. The fraction of sp³-hybridized carbons (Fsp3) is 0.154. The van der Waals surface area contributed by atoms with E-state index in [1.54, 1.807) is 6.20 Å². The number of hydrogen-bond acceptors (Lipinski definition) is 3. The Bertz CT molecular complexity index is 1240. The quantitative estimate of drug-likeness (QED) is 0.462. The third-order valence-electron chi connectivity index (χ3n) is 5.83. The van der Waals surface area contributed by atoms with E-state index in [4.69, 9.17) is 4.74 Å². The number of aryl methyl sites for hydroxylation is 1. The van der Waals surface area contributed by atoms with Gasteiger partial charge in [-0.25, -0.2) is 4.79 Å². The standard InChI is InChI=1S/C26H23N3O2/c1-17-13-25-19(15-28-29-25)14-18(17)7-6-12-27-26(30)31-16-24-22-10-4-2-8-20(22)21-9-3-5-11-23(21)24/h2-11,13-15,24H,12,16H2,1H3,(H,27,30)(H,28,29). The van der Waals surface area contributed by atoms with Gasteiger partial charge in [0.05, 0.1) is 11.7 Å². The number of aromatic nitrogens is 2. The van der Waals surface area contributed by atoms with Gasteiger partial charge >= 0.3 is 6.09 Å². The first kappa shape index (κ1) is 19.1. The average molecular weight is 409 g/mol. The summed E-state index contributed by atoms with van der Waals surface area (Å²) in [6, 6.07) is 20.8. The van der Waals surface area contributed by atoms with Crippen LogP contribution in [0, 0.1) is 6.92 Å². The normalized spacial score (nSPS) is 12.8. The Labute approximate surface area is 180 Å². The van der Waals surface area contributed by atoms with Crippen molar-refractivity contribution in [3.05, 3.63) is 95.2 Å². The SMILES string of the molecule is Cc1cc2[nH]ncc2cc1C=CCNC(=O)OCC1c2ccccc2-c2ccccc21. The summed E-state index contributed by atoms with van der Waals surface area (Å²) < 4.78 is 5.57. The molecule has 1 aliphatic carbocycles. The topological polar surface area (TPSA) is 67.0 Å². The Hall–Kier alpha value is -3.86. The van der Waals surface area contributed by atoms with Crippen molar-refractivity contribution in [3.63, 3.8) is 0 Å². The largest absolute Gasteiger partial charge is 0.449 e. The van der Waals surface area contributed by atoms with Crippen LogP contribution in [0.1, 0.15) is 28.2 Å². The number of benzene rings is 3. The minimum Gasteiger partial charge on any atom is -0.449 e. The zero-order valence-electron chi connectivity index (χ0n) is 17.3. The molecule has 0 aliphatic heterocycles. The summed E-state index contributed by atoms with van der Waals surface area (Å²) >= 11 is 0. The Morgan fingerprint density at radius 3 is 2.55 bits per heavy atom. The van der Waals surface area contributed by atoms with Gasteiger partial charge in [-0.2, -0.15) is 5.10 Å². The summed E-state index contributed by atoms with van der Waals surface area (Å²) in [4.78, 5) is 12.3. The van der Waals surface area contributed by atoms with E-state index >= 15 is 0 Å². The summed E-state index contributed by atoms with van der Waals surface area (Å²) in [6.07, 6.45) is 5.33. The van der Waals surface area contributed by atoms with Crippen molar-refractivity contribution < 1.29 is 9.53 Å². The van der Waals surface area contributed by atoms with E-state index in [1.807, 2.05) is 36.4 Å². The minimum absolute atomic E-state index is 0.0676. The number of amides is 1. The fourth-order valence-corrected chi connectivity index (χ4v) is 4.27. The monoisotopic (exact) mass is 409 g/mol. The van der Waals surface area contributed by atoms with Gasteiger partial charge in [-0.15, -0.1) is 0 Å². The van der Waals surface area contributed by atoms with Gasteiger partial charge in [0.2, 0.25) is 0 Å². The third kappa shape index (κ3) is 3.70. The van der Waals surface area contributed by atoms with Gasteiger partial charge in [0.15, 0.2) is 0 Å². The van der Waals surface area contributed by atoms with Crippen molar-refractivity contribution in [1.82, 2.24) is 15.5 Å². The van der Waals surface area contributed by atoms with Crippen molar-refractivity contribution >= 4 is 23.1 Å². The van der Waals surface area contributed by atoms with Gasteiger partial charge in [-0.05, 0) is 52.4 Å². The number of carbonyl (C=O) groups excluding carboxylic acids is 1. The second-order valence-electron chi connectivity index (χ2n) is 7.77. The molecule has 0 radical (unpaired) electrons. The molecule has 0 saturated carbocycles. The Kier molecular flexibility index (Phi) is 5.00. The molecule has 5 heteroatoms. The highest BCUT2D eigenvalue weighted by Gasteiger charge is 2.28. The lowest BCUT2D eigenvalue weighted by molar-refractivity contribution is 0.144. The number of ether oxygens (including phenoxy) is 1. The van der Waals surface area contributed by atoms with Crippen LogP contribution in [-0.4, -0.2) is 29.4 Å². The lowest BCUT2D eigenvalue weighted by atomic mass is 9.98. The van der Waals surface area contributed by atoms with Crippen LogP contribution in [0.15, 0.2) is 72.9 Å². The van der Waals surface area contributed by atoms with E-state index in [1.165, 1.54) is 22.3 Å². The maximum atomic E-state index is 12.3. The number of alkyl carbamates (subject to hydrolysis) is 1. The predicted molar refractivity (Wildman–Crippen MR) is 123 cm³/mol. The maximum absolute atomic E-state index is 12.3. The molecule has 0 spiro atoms. The molecule has 0 saturated heterocycles. The number of hydrogen-bond donors (Lipinski definition) is 2. The lowest BCUT2D eigenvalue weighted by Gasteiger charge is -2.14. The van der Waals surface area contributed by atoms with E-state index < -0.39 is 6.09 Å². The van der Waals surface area contributed by atoms with Crippen LogP contribution >= 0.6 is 0 Å². The predicted octanol–water partition coefficient (Wildman–Crippen LogP) is 5.42. The molecule has 3 aromatic carbocycles. The zero-order valence-corrected chi connectivity index (χ0v) is 17.3. The summed E-state index contributed by atoms with van der Waals surface area (Å²) in [5.41, 5.74) is 8.13. The van der Waals surface area contributed by atoms with Crippen molar-refractivity contribution in [2.75, 3.05) is 13.2 Å². The van der Waals surface area contributed by atoms with Crippen molar-refractivity contribution in [2.45, 2.75) is 12.8 Å². The van der Waals surface area contributed by atoms with Gasteiger partial charge in [-0.1, -0.05) is 60.7 Å². The summed E-state index contributed by atoms with van der Waals surface area (Å²) in [5.74, 6) is 0.0676. The first-order valence-electron chi connectivity index (χ1n) is 10.4. The van der Waals surface area contributed by atoms with Crippen LogP contribution in [0.25, 0.3) is 28.1 Å². The number of fused-ring (bicyclic) bond motifs is 4. The fourth-order valence-electron chi connectivity index (χ4n) is 4.27. The van der Waals surface area contributed by atoms with Crippen molar-refractivity contribution in [3.8, 4) is 11.1 Å². The van der Waals surface area contributed by atoms with Crippen LogP contribution in [-0.2, 0) is 4.74 Å². The summed E-state index contributed by atoms with van der Waals surface area (Å²) in [7, 11) is 0. The highest BCUT2D eigenvalue weighted by Crippen LogP contribution is 2.44. The molecule has 0 atom stereocenters. The molecular formula is C26H23N3O2. The number of aromatic amines is 1. The van der Waals surface area contributed by atoms with E-state index in [0.717, 1.165) is 22.0 Å². The number of H-pyrrole nitrogens is 1. The van der Waals surface area contributed by atoms with Gasteiger partial charge in [0, 0.05) is 17.8 Å². The zero-order chi connectivity index (χ0) is 21.2. The lowest BCUT2D eigenvalue weighted by Crippen LogP contribution is -2.26. The molecule has 5 nitrogen and oxygen atoms in total. The minimum atomic E-state index is -0.409. The molecular weight excluding hydrogens is 386 g/mol. The van der Waals surface area contributed by atoms with Gasteiger partial charge < -0.3 is 10.1 Å². The molecule has 154 valence electrons. The van der Waals surface area contributed by atoms with E-state index in [2.05, 4.69) is 58.8 Å². The first-order valence-corrected chi connectivity index (χ1v) is 10.4. The van der Waals surface area contributed by atoms with Crippen LogP contribution in [0.3, 0.4) is 0 Å². The van der Waals surface area contributed by atoms with Gasteiger partial charge in [0.1, 0.15) is 6.61 Å².